The van der Waals surface area contributed by atoms with Crippen LogP contribution >= 0.6 is 0 Å². The number of nitrogens with two attached hydrogens (primary N) is 1. The number of rotatable bonds is 3. The lowest BCUT2D eigenvalue weighted by Crippen LogP contribution is -2.42. The molecule has 21 heavy (non-hydrogen) atoms. The first-order valence-corrected chi connectivity index (χ1v) is 7.15. The quantitative estimate of drug-likeness (QED) is 0.642. The van der Waals surface area contributed by atoms with E-state index < -0.39 is 34.4 Å². The normalized spacial score (nSPS) is 24.4. The fourth-order valence-corrected chi connectivity index (χ4v) is 3.09. The van der Waals surface area contributed by atoms with Crippen LogP contribution in [0.25, 0.3) is 0 Å². The molecule has 1 fully saturated rings. The standard InChI is InChI=1S/C9H11N5O6S/c1-12-6-4(2-11-12)5-3-13(7(6)8(10)15)9(16)14(5)20-21(17,18)19/h2,5,7H,3H2,1H3,(H2,10,15)(H,17,18,19)/t5-,7?/m1/s1. The van der Waals surface area contributed by atoms with Crippen molar-refractivity contribution < 1.29 is 26.8 Å². The highest BCUT2D eigenvalue weighted by atomic mass is 32.3. The van der Waals surface area contributed by atoms with Crippen LogP contribution in [0.15, 0.2) is 6.20 Å². The van der Waals surface area contributed by atoms with Gasteiger partial charge in [-0.2, -0.15) is 18.6 Å². The van der Waals surface area contributed by atoms with E-state index in [-0.39, 0.29) is 6.54 Å². The first-order valence-electron chi connectivity index (χ1n) is 5.78. The van der Waals surface area contributed by atoms with Crippen molar-refractivity contribution in [2.24, 2.45) is 12.8 Å². The number of nitrogens with zero attached hydrogens (tertiary/aromatic N) is 4. The van der Waals surface area contributed by atoms with Crippen molar-refractivity contribution in [2.45, 2.75) is 12.1 Å². The van der Waals surface area contributed by atoms with E-state index in [0.717, 1.165) is 4.90 Å². The molecule has 1 saturated heterocycles. The van der Waals surface area contributed by atoms with Gasteiger partial charge in [-0.25, -0.2) is 4.79 Å². The Balaban J connectivity index is 2.12. The molecule has 12 heteroatoms. The molecule has 0 aliphatic carbocycles. The van der Waals surface area contributed by atoms with Crippen LogP contribution in [0.5, 0.6) is 0 Å². The topological polar surface area (TPSA) is 148 Å². The van der Waals surface area contributed by atoms with Gasteiger partial charge < -0.3 is 10.6 Å². The Morgan fingerprint density at radius 2 is 2.24 bits per heavy atom. The highest BCUT2D eigenvalue weighted by Crippen LogP contribution is 2.43. The number of carbonyl (C=O) groups is 2. The van der Waals surface area contributed by atoms with E-state index in [1.165, 1.54) is 10.9 Å². The lowest BCUT2D eigenvalue weighted by atomic mass is 9.98. The van der Waals surface area contributed by atoms with Gasteiger partial charge in [0.25, 0.3) is 0 Å². The van der Waals surface area contributed by atoms with Gasteiger partial charge in [0.1, 0.15) is 6.04 Å². The van der Waals surface area contributed by atoms with Crippen LogP contribution < -0.4 is 5.73 Å². The van der Waals surface area contributed by atoms with Gasteiger partial charge in [-0.15, -0.1) is 4.28 Å². The molecule has 3 amide bonds. The van der Waals surface area contributed by atoms with Gasteiger partial charge in [0.15, 0.2) is 6.04 Å². The molecule has 0 aromatic carbocycles. The third-order valence-electron chi connectivity index (χ3n) is 3.48. The summed E-state index contributed by atoms with van der Waals surface area (Å²) >= 11 is 0. The molecule has 114 valence electrons. The molecule has 0 saturated carbocycles. The Labute approximate surface area is 118 Å². The number of hydrogen-bond donors (Lipinski definition) is 2. The Hall–Kier alpha value is -2.18. The largest absolute Gasteiger partial charge is 0.418 e. The summed E-state index contributed by atoms with van der Waals surface area (Å²) in [7, 11) is -3.31. The monoisotopic (exact) mass is 317 g/mol. The molecule has 3 rings (SSSR count). The summed E-state index contributed by atoms with van der Waals surface area (Å²) in [5.74, 6) is -0.777. The van der Waals surface area contributed by atoms with Crippen molar-refractivity contribution in [1.82, 2.24) is 19.7 Å². The van der Waals surface area contributed by atoms with Crippen LogP contribution in [0.1, 0.15) is 23.3 Å². The Morgan fingerprint density at radius 1 is 1.57 bits per heavy atom. The van der Waals surface area contributed by atoms with Crippen LogP contribution in [0.2, 0.25) is 0 Å². The minimum atomic E-state index is -4.88. The van der Waals surface area contributed by atoms with Crippen LogP contribution in [0.4, 0.5) is 4.79 Å². The number of hydroxylamine groups is 2. The summed E-state index contributed by atoms with van der Waals surface area (Å²) in [5, 5.41) is 4.48. The molecule has 11 nitrogen and oxygen atoms in total. The van der Waals surface area contributed by atoms with Crippen molar-refractivity contribution in [2.75, 3.05) is 6.54 Å². The summed E-state index contributed by atoms with van der Waals surface area (Å²) < 4.78 is 36.2. The minimum Gasteiger partial charge on any atom is -0.368 e. The fourth-order valence-electron chi connectivity index (χ4n) is 2.72. The van der Waals surface area contributed by atoms with Gasteiger partial charge in [-0.1, -0.05) is 0 Å². The summed E-state index contributed by atoms with van der Waals surface area (Å²) in [5.41, 5.74) is 6.15. The van der Waals surface area contributed by atoms with Gasteiger partial charge in [0.2, 0.25) is 5.91 Å². The Kier molecular flexibility index (Phi) is 2.73. The molecule has 1 aromatic rings. The van der Waals surface area contributed by atoms with Crippen molar-refractivity contribution in [3.05, 3.63) is 17.5 Å². The zero-order valence-corrected chi connectivity index (χ0v) is 11.5. The number of hydrogen-bond acceptors (Lipinski definition) is 6. The first kappa shape index (κ1) is 13.8. The average molecular weight is 317 g/mol. The van der Waals surface area contributed by atoms with E-state index in [2.05, 4.69) is 9.38 Å². The predicted octanol–water partition coefficient (Wildman–Crippen LogP) is -1.53. The molecule has 1 aromatic heterocycles. The van der Waals surface area contributed by atoms with E-state index in [1.54, 1.807) is 7.05 Å². The van der Waals surface area contributed by atoms with Crippen molar-refractivity contribution in [3.8, 4) is 0 Å². The molecule has 0 radical (unpaired) electrons. The van der Waals surface area contributed by atoms with Crippen LogP contribution in [-0.4, -0.2) is 51.2 Å². The lowest BCUT2D eigenvalue weighted by molar-refractivity contribution is -0.122. The predicted molar refractivity (Wildman–Crippen MR) is 64.5 cm³/mol. The number of amides is 3. The zero-order valence-electron chi connectivity index (χ0n) is 10.7. The molecule has 2 atom stereocenters. The maximum Gasteiger partial charge on any atom is 0.418 e. The van der Waals surface area contributed by atoms with Gasteiger partial charge >= 0.3 is 16.4 Å². The molecule has 2 bridgehead atoms. The van der Waals surface area contributed by atoms with Crippen molar-refractivity contribution in [3.63, 3.8) is 0 Å². The lowest BCUT2D eigenvalue weighted by Gasteiger charge is -2.28. The highest BCUT2D eigenvalue weighted by molar-refractivity contribution is 7.80. The van der Waals surface area contributed by atoms with E-state index >= 15 is 0 Å². The number of primary amides is 1. The smallest absolute Gasteiger partial charge is 0.368 e. The molecule has 3 N–H and O–H groups in total. The number of fused-ring (bicyclic) bond motifs is 4. The number of aryl methyl sites for hydroxylation is 1. The molecular formula is C9H11N5O6S. The average Bonchev–Trinajstić information content (AvgIpc) is 2.84. The van der Waals surface area contributed by atoms with Gasteiger partial charge in [0, 0.05) is 12.6 Å². The molecule has 1 unspecified atom stereocenters. The highest BCUT2D eigenvalue weighted by Gasteiger charge is 2.53. The molecular weight excluding hydrogens is 306 g/mol. The second kappa shape index (κ2) is 4.16. The summed E-state index contributed by atoms with van der Waals surface area (Å²) in [6, 6.07) is -2.76. The SMILES string of the molecule is Cn1ncc2c1C(C(N)=O)N1C[C@H]2N(OS(=O)(=O)O)C1=O. The number of aromatic nitrogens is 2. The van der Waals surface area contributed by atoms with Gasteiger partial charge in [-0.05, 0) is 0 Å². The first-order chi connectivity index (χ1) is 9.70. The third-order valence-corrected chi connectivity index (χ3v) is 3.82. The van der Waals surface area contributed by atoms with Crippen LogP contribution in [-0.2, 0) is 26.5 Å². The summed E-state index contributed by atoms with van der Waals surface area (Å²) in [6.07, 6.45) is 1.40. The van der Waals surface area contributed by atoms with E-state index in [0.29, 0.717) is 16.3 Å². The second-order valence-electron chi connectivity index (χ2n) is 4.69. The third kappa shape index (κ3) is 1.95. The van der Waals surface area contributed by atoms with E-state index in [1.807, 2.05) is 0 Å². The van der Waals surface area contributed by atoms with Crippen molar-refractivity contribution in [1.29, 1.82) is 0 Å². The summed E-state index contributed by atoms with van der Waals surface area (Å²) in [6.45, 7) is 0.000648. The summed E-state index contributed by atoms with van der Waals surface area (Å²) in [4.78, 5) is 24.9. The maximum atomic E-state index is 12.2. The Bertz CT molecular complexity index is 742. The number of carbonyl (C=O) groups excluding carboxylic acids is 2. The number of urea groups is 1. The fraction of sp³-hybridized carbons (Fsp3) is 0.444. The molecule has 0 spiro atoms. The molecule has 3 heterocycles. The molecule has 2 aliphatic rings. The van der Waals surface area contributed by atoms with Crippen molar-refractivity contribution >= 4 is 22.3 Å². The van der Waals surface area contributed by atoms with Gasteiger partial charge in [0.05, 0.1) is 18.4 Å². The van der Waals surface area contributed by atoms with Crippen LogP contribution in [0, 0.1) is 0 Å². The minimum absolute atomic E-state index is 0.000648. The second-order valence-corrected chi connectivity index (χ2v) is 5.70. The molecule has 2 aliphatic heterocycles. The van der Waals surface area contributed by atoms with E-state index in [4.69, 9.17) is 10.3 Å². The van der Waals surface area contributed by atoms with Crippen LogP contribution in [0.3, 0.4) is 0 Å². The zero-order chi connectivity index (χ0) is 15.5. The Morgan fingerprint density at radius 3 is 2.81 bits per heavy atom. The van der Waals surface area contributed by atoms with E-state index in [9.17, 15) is 18.0 Å². The van der Waals surface area contributed by atoms with Gasteiger partial charge in [-0.3, -0.25) is 14.0 Å². The maximum absolute atomic E-state index is 12.2.